The molecule has 0 radical (unpaired) electrons. The van der Waals surface area contributed by atoms with Crippen molar-refractivity contribution in [1.82, 2.24) is 0 Å². The molecule has 0 heterocycles. The monoisotopic (exact) mass is 208 g/mol. The van der Waals surface area contributed by atoms with E-state index in [1.54, 1.807) is 12.1 Å². The first-order chi connectivity index (χ1) is 7.13. The van der Waals surface area contributed by atoms with Gasteiger partial charge in [0.05, 0.1) is 0 Å². The molecular weight excluding hydrogens is 192 g/mol. The molecule has 0 fully saturated rings. The number of nitrogen functional groups attached to an aromatic ring is 1. The number of hydrogen-bond donors (Lipinski definition) is 2. The Hall–Kier alpha value is -1.55. The van der Waals surface area contributed by atoms with E-state index >= 15 is 0 Å². The van der Waals surface area contributed by atoms with Crippen LogP contribution in [-0.4, -0.2) is 19.1 Å². The minimum Gasteiger partial charge on any atom is -0.399 e. The molecule has 4 heteroatoms. The largest absolute Gasteiger partial charge is 0.399 e. The van der Waals surface area contributed by atoms with E-state index in [1.165, 1.54) is 0 Å². The van der Waals surface area contributed by atoms with Crippen molar-refractivity contribution in [3.05, 3.63) is 23.8 Å². The normalized spacial score (nSPS) is 10.0. The summed E-state index contributed by atoms with van der Waals surface area (Å²) in [5.41, 5.74) is 8.07. The molecule has 0 spiro atoms. The van der Waals surface area contributed by atoms with Gasteiger partial charge in [-0.2, -0.15) is 0 Å². The lowest BCUT2D eigenvalue weighted by Crippen LogP contribution is -2.18. The highest BCUT2D eigenvalue weighted by atomic mass is 16.5. The highest BCUT2D eigenvalue weighted by molar-refractivity contribution is 5.92. The second-order valence-electron chi connectivity index (χ2n) is 3.26. The minimum atomic E-state index is -0.152. The third-order valence-corrected chi connectivity index (χ3v) is 1.99. The van der Waals surface area contributed by atoms with Crippen LogP contribution in [0.2, 0.25) is 0 Å². The lowest BCUT2D eigenvalue weighted by atomic mass is 10.2. The Morgan fingerprint density at radius 2 is 2.27 bits per heavy atom. The number of hydrogen-bond acceptors (Lipinski definition) is 3. The number of benzene rings is 1. The Kier molecular flexibility index (Phi) is 4.12. The molecule has 0 saturated carbocycles. The summed E-state index contributed by atoms with van der Waals surface area (Å²) < 4.78 is 4.98. The van der Waals surface area contributed by atoms with Crippen LogP contribution >= 0.6 is 0 Å². The number of carbonyl (C=O) groups is 1. The van der Waals surface area contributed by atoms with Crippen LogP contribution in [0.3, 0.4) is 0 Å². The quantitative estimate of drug-likeness (QED) is 0.738. The maximum absolute atomic E-state index is 11.3. The van der Waals surface area contributed by atoms with Crippen LogP contribution in [0.1, 0.15) is 12.5 Å². The molecule has 0 atom stereocenters. The molecule has 0 aromatic heterocycles. The summed E-state index contributed by atoms with van der Waals surface area (Å²) >= 11 is 0. The fraction of sp³-hybridized carbons (Fsp3) is 0.364. The van der Waals surface area contributed by atoms with Crippen molar-refractivity contribution in [2.75, 3.05) is 24.3 Å². The lowest BCUT2D eigenvalue weighted by molar-refractivity contribution is -0.120. The molecule has 0 unspecified atom stereocenters. The van der Waals surface area contributed by atoms with E-state index in [2.05, 4.69) is 5.32 Å². The van der Waals surface area contributed by atoms with Crippen LogP contribution in [0.5, 0.6) is 0 Å². The van der Waals surface area contributed by atoms with E-state index in [0.717, 1.165) is 16.9 Å². The van der Waals surface area contributed by atoms with Crippen molar-refractivity contribution >= 4 is 17.3 Å². The third kappa shape index (κ3) is 3.59. The molecule has 1 rings (SSSR count). The number of rotatable bonds is 4. The summed E-state index contributed by atoms with van der Waals surface area (Å²) in [6.45, 7) is 4.36. The summed E-state index contributed by atoms with van der Waals surface area (Å²) in [6.07, 6.45) is 0. The van der Waals surface area contributed by atoms with Crippen molar-refractivity contribution < 1.29 is 9.53 Å². The zero-order valence-corrected chi connectivity index (χ0v) is 9.04. The minimum absolute atomic E-state index is 0.0833. The molecular formula is C11H16N2O2. The van der Waals surface area contributed by atoms with E-state index < -0.39 is 0 Å². The number of aryl methyl sites for hydroxylation is 1. The Balaban J connectivity index is 2.57. The van der Waals surface area contributed by atoms with Crippen LogP contribution in [0.25, 0.3) is 0 Å². The molecule has 1 amide bonds. The fourth-order valence-corrected chi connectivity index (χ4v) is 1.15. The van der Waals surface area contributed by atoms with Gasteiger partial charge in [-0.15, -0.1) is 0 Å². The van der Waals surface area contributed by atoms with Gasteiger partial charge in [-0.25, -0.2) is 0 Å². The van der Waals surface area contributed by atoms with Crippen LogP contribution in [0.15, 0.2) is 18.2 Å². The summed E-state index contributed by atoms with van der Waals surface area (Å²) in [6, 6.07) is 5.37. The maximum atomic E-state index is 11.3. The molecule has 0 aliphatic carbocycles. The number of carbonyl (C=O) groups excluding carboxylic acids is 1. The lowest BCUT2D eigenvalue weighted by Gasteiger charge is -2.07. The van der Waals surface area contributed by atoms with Gasteiger partial charge in [0.25, 0.3) is 0 Å². The van der Waals surface area contributed by atoms with Gasteiger partial charge < -0.3 is 15.8 Å². The molecule has 3 N–H and O–H groups in total. The van der Waals surface area contributed by atoms with Gasteiger partial charge in [0.2, 0.25) is 5.91 Å². The maximum Gasteiger partial charge on any atom is 0.250 e. The summed E-state index contributed by atoms with van der Waals surface area (Å²) in [5, 5.41) is 2.73. The van der Waals surface area contributed by atoms with E-state index in [1.807, 2.05) is 19.9 Å². The van der Waals surface area contributed by atoms with Gasteiger partial charge >= 0.3 is 0 Å². The Morgan fingerprint density at radius 1 is 1.53 bits per heavy atom. The first-order valence-corrected chi connectivity index (χ1v) is 4.87. The van der Waals surface area contributed by atoms with Crippen molar-refractivity contribution in [1.29, 1.82) is 0 Å². The van der Waals surface area contributed by atoms with Crippen LogP contribution in [0, 0.1) is 6.92 Å². The zero-order chi connectivity index (χ0) is 11.3. The summed E-state index contributed by atoms with van der Waals surface area (Å²) in [4.78, 5) is 11.3. The average Bonchev–Trinajstić information content (AvgIpc) is 2.20. The summed E-state index contributed by atoms with van der Waals surface area (Å²) in [7, 11) is 0. The molecule has 0 bridgehead atoms. The van der Waals surface area contributed by atoms with Crippen LogP contribution in [-0.2, 0) is 9.53 Å². The Morgan fingerprint density at radius 3 is 2.87 bits per heavy atom. The highest BCUT2D eigenvalue weighted by Gasteiger charge is 2.02. The van der Waals surface area contributed by atoms with Crippen molar-refractivity contribution in [2.24, 2.45) is 0 Å². The van der Waals surface area contributed by atoms with Gasteiger partial charge in [-0.05, 0) is 37.6 Å². The molecule has 0 saturated heterocycles. The average molecular weight is 208 g/mol. The number of ether oxygens (including phenoxy) is 1. The summed E-state index contributed by atoms with van der Waals surface area (Å²) in [5.74, 6) is -0.152. The molecule has 1 aromatic carbocycles. The first kappa shape index (κ1) is 11.5. The van der Waals surface area contributed by atoms with Crippen LogP contribution in [0.4, 0.5) is 11.4 Å². The van der Waals surface area contributed by atoms with E-state index in [0.29, 0.717) is 6.61 Å². The predicted molar refractivity (Wildman–Crippen MR) is 60.7 cm³/mol. The van der Waals surface area contributed by atoms with E-state index in [4.69, 9.17) is 10.5 Å². The highest BCUT2D eigenvalue weighted by Crippen LogP contribution is 2.16. The van der Waals surface area contributed by atoms with Gasteiger partial charge in [0, 0.05) is 18.0 Å². The zero-order valence-electron chi connectivity index (χ0n) is 9.04. The third-order valence-electron chi connectivity index (χ3n) is 1.99. The van der Waals surface area contributed by atoms with Gasteiger partial charge in [0.15, 0.2) is 0 Å². The first-order valence-electron chi connectivity index (χ1n) is 4.87. The molecule has 4 nitrogen and oxygen atoms in total. The molecule has 0 aliphatic heterocycles. The van der Waals surface area contributed by atoms with E-state index in [-0.39, 0.29) is 12.5 Å². The fourth-order valence-electron chi connectivity index (χ4n) is 1.15. The van der Waals surface area contributed by atoms with E-state index in [9.17, 15) is 4.79 Å². The van der Waals surface area contributed by atoms with Gasteiger partial charge in [-0.3, -0.25) is 4.79 Å². The topological polar surface area (TPSA) is 64.3 Å². The second-order valence-corrected chi connectivity index (χ2v) is 3.26. The predicted octanol–water partition coefficient (Wildman–Crippen LogP) is 1.55. The van der Waals surface area contributed by atoms with Crippen molar-refractivity contribution in [3.8, 4) is 0 Å². The molecule has 15 heavy (non-hydrogen) atoms. The number of nitrogens with one attached hydrogen (secondary N) is 1. The molecule has 82 valence electrons. The number of amides is 1. The standard InChI is InChI=1S/C11H16N2O2/c1-3-15-7-11(14)13-9-4-5-10(12)8(2)6-9/h4-6H,3,7,12H2,1-2H3,(H,13,14). The molecule has 0 aliphatic rings. The van der Waals surface area contributed by atoms with Crippen LogP contribution < -0.4 is 11.1 Å². The smallest absolute Gasteiger partial charge is 0.250 e. The number of anilines is 2. The van der Waals surface area contributed by atoms with Gasteiger partial charge in [0.1, 0.15) is 6.61 Å². The van der Waals surface area contributed by atoms with Crippen molar-refractivity contribution in [2.45, 2.75) is 13.8 Å². The Labute approximate surface area is 89.4 Å². The Bertz CT molecular complexity index is 350. The number of nitrogens with two attached hydrogens (primary N) is 1. The molecule has 1 aromatic rings. The second kappa shape index (κ2) is 5.36. The SMILES string of the molecule is CCOCC(=O)Nc1ccc(N)c(C)c1. The van der Waals surface area contributed by atoms with Crippen molar-refractivity contribution in [3.63, 3.8) is 0 Å². The van der Waals surface area contributed by atoms with Gasteiger partial charge in [-0.1, -0.05) is 0 Å².